The van der Waals surface area contributed by atoms with Crippen molar-refractivity contribution in [3.63, 3.8) is 0 Å². The number of ether oxygens (including phenoxy) is 1. The van der Waals surface area contributed by atoms with Crippen LogP contribution in [0, 0.1) is 0 Å². The van der Waals surface area contributed by atoms with Gasteiger partial charge in [-0.25, -0.2) is 0 Å². The lowest BCUT2D eigenvalue weighted by atomic mass is 10.1. The number of likely N-dealkylation sites (N-methyl/N-ethyl adjacent to an activating group) is 1. The number of carbonyl (C=O) groups is 1. The average molecular weight is 523 g/mol. The largest absolute Gasteiger partial charge is 0.382 e. The SMILES string of the molecule is CCOCCCN=C(NCCn1cnnc1CC)N(C)CC(=O)NC(C)(C)C.I. The quantitative estimate of drug-likeness (QED) is 0.198. The summed E-state index contributed by atoms with van der Waals surface area (Å²) >= 11 is 0. The van der Waals surface area contributed by atoms with Crippen molar-refractivity contribution in [1.29, 1.82) is 0 Å². The Bertz CT molecular complexity index is 614. The van der Waals surface area contributed by atoms with E-state index in [4.69, 9.17) is 4.74 Å². The monoisotopic (exact) mass is 523 g/mol. The van der Waals surface area contributed by atoms with Crippen LogP contribution in [0.2, 0.25) is 0 Å². The summed E-state index contributed by atoms with van der Waals surface area (Å²) in [5.41, 5.74) is -0.259. The third-order valence-electron chi connectivity index (χ3n) is 3.82. The number of aliphatic imine (C=N–C) groups is 1. The first-order valence-corrected chi connectivity index (χ1v) is 10.0. The molecule has 1 aromatic heterocycles. The molecule has 1 rings (SSSR count). The van der Waals surface area contributed by atoms with Gasteiger partial charge in [0.05, 0.1) is 6.54 Å². The van der Waals surface area contributed by atoms with Crippen molar-refractivity contribution in [1.82, 2.24) is 30.3 Å². The van der Waals surface area contributed by atoms with Gasteiger partial charge in [0.15, 0.2) is 5.96 Å². The van der Waals surface area contributed by atoms with E-state index < -0.39 is 0 Å². The van der Waals surface area contributed by atoms with Crippen LogP contribution in [0.4, 0.5) is 0 Å². The number of hydrogen-bond donors (Lipinski definition) is 2. The van der Waals surface area contributed by atoms with Crippen molar-refractivity contribution < 1.29 is 9.53 Å². The van der Waals surface area contributed by atoms with E-state index in [1.165, 1.54) is 0 Å². The number of hydrogen-bond acceptors (Lipinski definition) is 5. The van der Waals surface area contributed by atoms with Crippen LogP contribution in [-0.2, 0) is 22.5 Å². The molecule has 29 heavy (non-hydrogen) atoms. The standard InChI is InChI=1S/C19H37N7O2.HI/c1-7-16-24-22-15-26(16)12-11-21-18(20-10-9-13-28-8-2)25(6)14-17(27)23-19(3,4)5;/h15H,7-14H2,1-6H3,(H,20,21)(H,23,27);1H. The zero-order valence-electron chi connectivity index (χ0n) is 18.7. The molecule has 0 bridgehead atoms. The molecule has 0 aliphatic rings. The highest BCUT2D eigenvalue weighted by Crippen LogP contribution is 1.99. The lowest BCUT2D eigenvalue weighted by Gasteiger charge is -2.25. The zero-order valence-corrected chi connectivity index (χ0v) is 21.0. The van der Waals surface area contributed by atoms with Crippen molar-refractivity contribution in [2.45, 2.75) is 59.5 Å². The number of aryl methyl sites for hydroxylation is 1. The molecule has 0 radical (unpaired) electrons. The van der Waals surface area contributed by atoms with Gasteiger partial charge < -0.3 is 24.8 Å². The van der Waals surface area contributed by atoms with E-state index in [2.05, 4.69) is 32.7 Å². The van der Waals surface area contributed by atoms with Gasteiger partial charge in [-0.15, -0.1) is 34.2 Å². The summed E-state index contributed by atoms with van der Waals surface area (Å²) in [6.45, 7) is 13.6. The van der Waals surface area contributed by atoms with E-state index >= 15 is 0 Å². The van der Waals surface area contributed by atoms with Crippen LogP contribution < -0.4 is 10.6 Å². The molecule has 0 saturated heterocycles. The molecule has 9 nitrogen and oxygen atoms in total. The van der Waals surface area contributed by atoms with Gasteiger partial charge in [0.1, 0.15) is 12.2 Å². The van der Waals surface area contributed by atoms with Crippen LogP contribution >= 0.6 is 24.0 Å². The maximum Gasteiger partial charge on any atom is 0.240 e. The predicted octanol–water partition coefficient (Wildman–Crippen LogP) is 1.68. The minimum absolute atomic E-state index is 0. The number of amides is 1. The van der Waals surface area contributed by atoms with Gasteiger partial charge in [-0.3, -0.25) is 9.79 Å². The molecule has 0 aromatic carbocycles. The number of nitrogens with zero attached hydrogens (tertiary/aromatic N) is 5. The second-order valence-corrected chi connectivity index (χ2v) is 7.63. The molecule has 0 aliphatic heterocycles. The summed E-state index contributed by atoms with van der Waals surface area (Å²) < 4.78 is 7.39. The number of halogens is 1. The van der Waals surface area contributed by atoms with Crippen molar-refractivity contribution in [3.05, 3.63) is 12.2 Å². The molecule has 10 heteroatoms. The Kier molecular flexibility index (Phi) is 13.8. The van der Waals surface area contributed by atoms with E-state index in [9.17, 15) is 4.79 Å². The Balaban J connectivity index is 0.00000784. The predicted molar refractivity (Wildman–Crippen MR) is 127 cm³/mol. The smallest absolute Gasteiger partial charge is 0.240 e. The summed E-state index contributed by atoms with van der Waals surface area (Å²) in [6.07, 6.45) is 3.41. The minimum atomic E-state index is -0.259. The molecule has 2 N–H and O–H groups in total. The molecule has 0 unspecified atom stereocenters. The maximum atomic E-state index is 12.3. The zero-order chi connectivity index (χ0) is 21.0. The second kappa shape index (κ2) is 14.5. The number of rotatable bonds is 11. The lowest BCUT2D eigenvalue weighted by Crippen LogP contribution is -2.49. The van der Waals surface area contributed by atoms with Crippen LogP contribution in [0.1, 0.15) is 46.9 Å². The Labute approximate surface area is 192 Å². The molecular weight excluding hydrogens is 485 g/mol. The van der Waals surface area contributed by atoms with Crippen LogP contribution in [0.15, 0.2) is 11.3 Å². The molecule has 0 atom stereocenters. The van der Waals surface area contributed by atoms with E-state index in [0.29, 0.717) is 32.3 Å². The fraction of sp³-hybridized carbons (Fsp3) is 0.789. The molecule has 1 heterocycles. The number of aromatic nitrogens is 3. The fourth-order valence-electron chi connectivity index (χ4n) is 2.58. The number of nitrogens with one attached hydrogen (secondary N) is 2. The molecule has 0 fully saturated rings. The maximum absolute atomic E-state index is 12.3. The van der Waals surface area contributed by atoms with Crippen molar-refractivity contribution in [2.75, 3.05) is 39.9 Å². The number of carbonyl (C=O) groups excluding carboxylic acids is 1. The first-order valence-electron chi connectivity index (χ1n) is 10.0. The van der Waals surface area contributed by atoms with Crippen molar-refractivity contribution in [2.24, 2.45) is 4.99 Å². The average Bonchev–Trinajstić information content (AvgIpc) is 3.05. The van der Waals surface area contributed by atoms with Crippen LogP contribution in [0.5, 0.6) is 0 Å². The summed E-state index contributed by atoms with van der Waals surface area (Å²) in [5.74, 6) is 1.62. The molecule has 168 valence electrons. The fourth-order valence-corrected chi connectivity index (χ4v) is 2.58. The van der Waals surface area contributed by atoms with Gasteiger partial charge in [0.2, 0.25) is 5.91 Å². The Hall–Kier alpha value is -1.43. The van der Waals surface area contributed by atoms with E-state index in [1.54, 1.807) is 6.33 Å². The highest BCUT2D eigenvalue weighted by molar-refractivity contribution is 14.0. The van der Waals surface area contributed by atoms with Crippen LogP contribution in [-0.4, -0.2) is 77.0 Å². The Morgan fingerprint density at radius 1 is 1.34 bits per heavy atom. The summed E-state index contributed by atoms with van der Waals surface area (Å²) in [7, 11) is 1.87. The third kappa shape index (κ3) is 12.0. The number of guanidine groups is 1. The van der Waals surface area contributed by atoms with Gasteiger partial charge in [-0.05, 0) is 34.1 Å². The van der Waals surface area contributed by atoms with E-state index in [1.807, 2.05) is 44.2 Å². The van der Waals surface area contributed by atoms with Crippen molar-refractivity contribution >= 4 is 35.8 Å². The van der Waals surface area contributed by atoms with Gasteiger partial charge in [0, 0.05) is 51.9 Å². The second-order valence-electron chi connectivity index (χ2n) is 7.63. The highest BCUT2D eigenvalue weighted by Gasteiger charge is 2.17. The van der Waals surface area contributed by atoms with Gasteiger partial charge in [-0.2, -0.15) is 0 Å². The van der Waals surface area contributed by atoms with E-state index in [-0.39, 0.29) is 42.0 Å². The normalized spacial score (nSPS) is 11.7. The van der Waals surface area contributed by atoms with E-state index in [0.717, 1.165) is 25.2 Å². The first kappa shape index (κ1) is 27.6. The third-order valence-corrected chi connectivity index (χ3v) is 3.82. The minimum Gasteiger partial charge on any atom is -0.382 e. The van der Waals surface area contributed by atoms with Gasteiger partial charge >= 0.3 is 0 Å². The van der Waals surface area contributed by atoms with Gasteiger partial charge in [0.25, 0.3) is 0 Å². The molecular formula is C19H38IN7O2. The highest BCUT2D eigenvalue weighted by atomic mass is 127. The molecule has 0 aliphatic carbocycles. The molecule has 0 spiro atoms. The van der Waals surface area contributed by atoms with Crippen LogP contribution in [0.3, 0.4) is 0 Å². The topological polar surface area (TPSA) is 96.7 Å². The Morgan fingerprint density at radius 3 is 2.69 bits per heavy atom. The summed E-state index contributed by atoms with van der Waals surface area (Å²) in [4.78, 5) is 18.7. The molecule has 0 saturated carbocycles. The van der Waals surface area contributed by atoms with Crippen LogP contribution in [0.25, 0.3) is 0 Å². The summed E-state index contributed by atoms with van der Waals surface area (Å²) in [5, 5.41) is 14.4. The van der Waals surface area contributed by atoms with Crippen molar-refractivity contribution in [3.8, 4) is 0 Å². The first-order chi connectivity index (χ1) is 13.3. The summed E-state index contributed by atoms with van der Waals surface area (Å²) in [6, 6.07) is 0. The lowest BCUT2D eigenvalue weighted by molar-refractivity contribution is -0.122. The molecule has 1 aromatic rings. The van der Waals surface area contributed by atoms with Gasteiger partial charge in [-0.1, -0.05) is 6.92 Å². The Morgan fingerprint density at radius 2 is 2.07 bits per heavy atom. The molecule has 1 amide bonds.